The quantitative estimate of drug-likeness (QED) is 0.139. The normalized spacial score (nSPS) is 13.0. The zero-order valence-electron chi connectivity index (χ0n) is 28.4. The molecule has 12 heteroatoms. The smallest absolute Gasteiger partial charge is 0.379 e. The minimum atomic E-state index is -0.650. The van der Waals surface area contributed by atoms with Gasteiger partial charge in [0.2, 0.25) is 5.91 Å². The molecule has 266 valence electrons. The molecule has 0 saturated carbocycles. The molecule has 1 heterocycles. The Morgan fingerprint density at radius 1 is 0.604 bits per heavy atom. The lowest BCUT2D eigenvalue weighted by Crippen LogP contribution is -2.52. The van der Waals surface area contributed by atoms with Crippen LogP contribution >= 0.6 is 0 Å². The van der Waals surface area contributed by atoms with Crippen molar-refractivity contribution in [2.45, 2.75) is 45.4 Å². The van der Waals surface area contributed by atoms with E-state index in [0.717, 1.165) is 44.3 Å². The van der Waals surface area contributed by atoms with E-state index in [9.17, 15) is 14.4 Å². The van der Waals surface area contributed by atoms with Gasteiger partial charge in [-0.15, -0.1) is 0 Å². The standard InChI is InChI=1S/C36H53N3O9/c1-2-20-43-21-22-44-23-24-45-25-26-46-27-28-47-30-35(41)38-16-18-39(19-17-38)36(42)48-37-34(40)29-33-14-12-32(13-15-33)11-7-6-10-31-8-4-3-5-9-31/h3-5,8-9,12-15H,2,6-7,10-11,16-30H2,1H3,(H,37,40). The fraction of sp³-hybridized carbons (Fsp3) is 0.583. The Kier molecular flexibility index (Phi) is 19.9. The minimum Gasteiger partial charge on any atom is -0.379 e. The first-order chi connectivity index (χ1) is 23.5. The summed E-state index contributed by atoms with van der Waals surface area (Å²) in [5.41, 5.74) is 5.68. The SMILES string of the molecule is CCCOCCOCCOCCOCCOCC(=O)N1CCN(C(=O)ONC(=O)Cc2ccc(CCCCc3ccccc3)cc2)CC1. The number of nitrogens with zero attached hydrogens (tertiary/aromatic N) is 2. The Balaban J connectivity index is 1.15. The fourth-order valence-electron chi connectivity index (χ4n) is 4.93. The van der Waals surface area contributed by atoms with E-state index in [2.05, 4.69) is 36.7 Å². The van der Waals surface area contributed by atoms with Gasteiger partial charge in [-0.25, -0.2) is 4.79 Å². The number of hydrogen-bond acceptors (Lipinski definition) is 9. The molecule has 2 aromatic rings. The Bertz CT molecular complexity index is 1160. The second-order valence-electron chi connectivity index (χ2n) is 11.4. The van der Waals surface area contributed by atoms with Gasteiger partial charge in [-0.05, 0) is 48.8 Å². The van der Waals surface area contributed by atoms with Gasteiger partial charge in [0.15, 0.2) is 0 Å². The number of carbonyl (C=O) groups excluding carboxylic acids is 3. The number of hydroxylamine groups is 1. The van der Waals surface area contributed by atoms with E-state index in [1.165, 1.54) is 16.0 Å². The van der Waals surface area contributed by atoms with Crippen LogP contribution in [0.4, 0.5) is 4.79 Å². The average Bonchev–Trinajstić information content (AvgIpc) is 3.12. The van der Waals surface area contributed by atoms with Gasteiger partial charge >= 0.3 is 6.09 Å². The van der Waals surface area contributed by atoms with Crippen molar-refractivity contribution in [3.63, 3.8) is 0 Å². The van der Waals surface area contributed by atoms with Crippen molar-refractivity contribution in [1.29, 1.82) is 0 Å². The molecular weight excluding hydrogens is 618 g/mol. The van der Waals surface area contributed by atoms with Crippen molar-refractivity contribution in [3.8, 4) is 0 Å². The molecular formula is C36H53N3O9. The first kappa shape index (κ1) is 38.9. The lowest BCUT2D eigenvalue weighted by molar-refractivity contribution is -0.138. The number of ether oxygens (including phenoxy) is 5. The molecule has 1 saturated heterocycles. The van der Waals surface area contributed by atoms with Crippen LogP contribution in [0.15, 0.2) is 54.6 Å². The van der Waals surface area contributed by atoms with Crippen molar-refractivity contribution in [1.82, 2.24) is 15.3 Å². The molecule has 0 unspecified atom stereocenters. The van der Waals surface area contributed by atoms with E-state index in [4.69, 9.17) is 28.5 Å². The highest BCUT2D eigenvalue weighted by atomic mass is 16.7. The van der Waals surface area contributed by atoms with Crippen molar-refractivity contribution in [2.75, 3.05) is 92.2 Å². The van der Waals surface area contributed by atoms with E-state index >= 15 is 0 Å². The predicted molar refractivity (Wildman–Crippen MR) is 180 cm³/mol. The summed E-state index contributed by atoms with van der Waals surface area (Å²) >= 11 is 0. The molecule has 1 aliphatic rings. The van der Waals surface area contributed by atoms with Gasteiger partial charge in [-0.3, -0.25) is 9.59 Å². The molecule has 0 radical (unpaired) electrons. The third-order valence-electron chi connectivity index (χ3n) is 7.62. The van der Waals surface area contributed by atoms with Gasteiger partial charge in [0.25, 0.3) is 5.91 Å². The van der Waals surface area contributed by atoms with Crippen LogP contribution in [-0.4, -0.2) is 120 Å². The fourth-order valence-corrected chi connectivity index (χ4v) is 4.93. The first-order valence-electron chi connectivity index (χ1n) is 17.1. The van der Waals surface area contributed by atoms with Crippen molar-refractivity contribution < 1.29 is 42.9 Å². The molecule has 0 aliphatic carbocycles. The molecule has 1 fully saturated rings. The molecule has 0 spiro atoms. The van der Waals surface area contributed by atoms with Gasteiger partial charge in [0, 0.05) is 32.8 Å². The lowest BCUT2D eigenvalue weighted by Gasteiger charge is -2.33. The summed E-state index contributed by atoms with van der Waals surface area (Å²) in [6, 6.07) is 18.4. The van der Waals surface area contributed by atoms with Crippen LogP contribution in [0.25, 0.3) is 0 Å². The monoisotopic (exact) mass is 671 g/mol. The third-order valence-corrected chi connectivity index (χ3v) is 7.62. The molecule has 0 aromatic heterocycles. The van der Waals surface area contributed by atoms with Gasteiger partial charge in [0.1, 0.15) is 6.61 Å². The maximum absolute atomic E-state index is 12.5. The van der Waals surface area contributed by atoms with Crippen LogP contribution in [0.2, 0.25) is 0 Å². The number of amides is 3. The second-order valence-corrected chi connectivity index (χ2v) is 11.4. The molecule has 12 nitrogen and oxygen atoms in total. The Labute approximate surface area is 284 Å². The molecule has 3 amide bonds. The van der Waals surface area contributed by atoms with Crippen LogP contribution in [0.1, 0.15) is 42.9 Å². The summed E-state index contributed by atoms with van der Waals surface area (Å²) in [5, 5.41) is 0. The average molecular weight is 672 g/mol. The van der Waals surface area contributed by atoms with Crippen LogP contribution < -0.4 is 5.48 Å². The Morgan fingerprint density at radius 3 is 1.65 bits per heavy atom. The van der Waals surface area contributed by atoms with E-state index in [-0.39, 0.29) is 25.5 Å². The highest BCUT2D eigenvalue weighted by Gasteiger charge is 2.25. The molecule has 48 heavy (non-hydrogen) atoms. The molecule has 1 aliphatic heterocycles. The zero-order valence-corrected chi connectivity index (χ0v) is 28.4. The maximum atomic E-state index is 12.5. The summed E-state index contributed by atoms with van der Waals surface area (Å²) in [7, 11) is 0. The van der Waals surface area contributed by atoms with Crippen molar-refractivity contribution in [3.05, 3.63) is 71.3 Å². The van der Waals surface area contributed by atoms with Gasteiger partial charge in [-0.2, -0.15) is 5.48 Å². The molecule has 3 rings (SSSR count). The summed E-state index contributed by atoms with van der Waals surface area (Å²) in [6.45, 7) is 7.76. The number of carbonyl (C=O) groups is 3. The molecule has 0 atom stereocenters. The van der Waals surface area contributed by atoms with Gasteiger partial charge in [-0.1, -0.05) is 61.5 Å². The van der Waals surface area contributed by atoms with Crippen molar-refractivity contribution >= 4 is 17.9 Å². The van der Waals surface area contributed by atoms with Gasteiger partial charge < -0.3 is 38.3 Å². The minimum absolute atomic E-state index is 0.0606. The van der Waals surface area contributed by atoms with Gasteiger partial charge in [0.05, 0.1) is 59.3 Å². The van der Waals surface area contributed by atoms with Crippen LogP contribution in [0.5, 0.6) is 0 Å². The number of nitrogens with one attached hydrogen (secondary N) is 1. The van der Waals surface area contributed by atoms with E-state index in [0.29, 0.717) is 72.4 Å². The third kappa shape index (κ3) is 17.0. The highest BCUT2D eigenvalue weighted by molar-refractivity contribution is 5.80. The second kappa shape index (κ2) is 24.6. The molecule has 1 N–H and O–H groups in total. The summed E-state index contributed by atoms with van der Waals surface area (Å²) in [4.78, 5) is 45.4. The number of rotatable bonds is 23. The highest BCUT2D eigenvalue weighted by Crippen LogP contribution is 2.11. The number of hydrogen-bond donors (Lipinski definition) is 1. The molecule has 0 bridgehead atoms. The molecule has 2 aromatic carbocycles. The Hall–Kier alpha value is -3.55. The summed E-state index contributed by atoms with van der Waals surface area (Å²) < 4.78 is 27.1. The number of aryl methyl sites for hydroxylation is 2. The van der Waals surface area contributed by atoms with Crippen LogP contribution in [-0.2, 0) is 57.4 Å². The maximum Gasteiger partial charge on any atom is 0.434 e. The van der Waals surface area contributed by atoms with Crippen molar-refractivity contribution in [2.24, 2.45) is 0 Å². The largest absolute Gasteiger partial charge is 0.434 e. The lowest BCUT2D eigenvalue weighted by atomic mass is 10.0. The summed E-state index contributed by atoms with van der Waals surface area (Å²) in [5.74, 6) is -0.562. The van der Waals surface area contributed by atoms with Crippen LogP contribution in [0.3, 0.4) is 0 Å². The summed E-state index contributed by atoms with van der Waals surface area (Å²) in [6.07, 6.45) is 4.74. The number of benzene rings is 2. The van der Waals surface area contributed by atoms with E-state index in [1.54, 1.807) is 4.90 Å². The zero-order chi connectivity index (χ0) is 34.1. The Morgan fingerprint density at radius 2 is 1.08 bits per heavy atom. The topological polar surface area (TPSA) is 125 Å². The number of unbranched alkanes of at least 4 members (excludes halogenated alkanes) is 1. The first-order valence-corrected chi connectivity index (χ1v) is 17.1. The van der Waals surface area contributed by atoms with Crippen LogP contribution in [0, 0.1) is 0 Å². The van der Waals surface area contributed by atoms with E-state index in [1.807, 2.05) is 30.3 Å². The predicted octanol–water partition coefficient (Wildman–Crippen LogP) is 3.60. The van der Waals surface area contributed by atoms with E-state index < -0.39 is 12.0 Å². The number of piperazine rings is 1.